The fraction of sp³-hybridized carbons (Fsp3) is 0.733. The van der Waals surface area contributed by atoms with E-state index < -0.39 is 9.84 Å². The normalized spacial score (nSPS) is 21.5. The molecule has 1 aliphatic heterocycles. The van der Waals surface area contributed by atoms with Gasteiger partial charge in [-0.05, 0) is 19.3 Å². The predicted molar refractivity (Wildman–Crippen MR) is 92.0 cm³/mol. The second-order valence-electron chi connectivity index (χ2n) is 7.40. The van der Waals surface area contributed by atoms with Gasteiger partial charge in [-0.1, -0.05) is 37.7 Å². The van der Waals surface area contributed by atoms with Crippen molar-refractivity contribution in [3.05, 3.63) is 17.6 Å². The lowest BCUT2D eigenvalue weighted by Crippen LogP contribution is -2.13. The van der Waals surface area contributed by atoms with Crippen LogP contribution in [0.1, 0.15) is 57.0 Å². The minimum atomic E-state index is -2.90. The van der Waals surface area contributed by atoms with Crippen LogP contribution in [0, 0.1) is 5.92 Å². The van der Waals surface area contributed by atoms with Gasteiger partial charge in [0.15, 0.2) is 15.7 Å². The maximum absolute atomic E-state index is 11.5. The van der Waals surface area contributed by atoms with Gasteiger partial charge >= 0.3 is 0 Å². The van der Waals surface area contributed by atoms with Crippen LogP contribution in [0.3, 0.4) is 0 Å². The number of sulfone groups is 1. The van der Waals surface area contributed by atoms with Crippen molar-refractivity contribution in [3.8, 4) is 0 Å². The highest BCUT2D eigenvalue weighted by Crippen LogP contribution is 2.34. The van der Waals surface area contributed by atoms with Crippen LogP contribution in [0.2, 0.25) is 0 Å². The molecule has 10 heteroatoms. The van der Waals surface area contributed by atoms with Crippen LogP contribution in [0.4, 0.5) is 0 Å². The Bertz CT molecular complexity index is 838. The number of hydrogen-bond acceptors (Lipinski definition) is 9. The maximum atomic E-state index is 11.5. The Kier molecular flexibility index (Phi) is 4.93. The Morgan fingerprint density at radius 3 is 2.68 bits per heavy atom. The first-order valence-corrected chi connectivity index (χ1v) is 10.9. The first-order valence-electron chi connectivity index (χ1n) is 8.16. The highest BCUT2D eigenvalue weighted by atomic mass is 32.2. The minimum absolute atomic E-state index is 0.0611. The summed E-state index contributed by atoms with van der Waals surface area (Å²) in [5.41, 5.74) is -0.175. The van der Waals surface area contributed by atoms with Gasteiger partial charge in [0.25, 0.3) is 5.22 Å². The van der Waals surface area contributed by atoms with Crippen LogP contribution >= 0.6 is 11.8 Å². The first kappa shape index (κ1) is 18.4. The van der Waals surface area contributed by atoms with Gasteiger partial charge in [0.05, 0.1) is 16.8 Å². The van der Waals surface area contributed by atoms with E-state index in [0.717, 1.165) is 0 Å². The summed E-state index contributed by atoms with van der Waals surface area (Å²) >= 11 is 1.34. The smallest absolute Gasteiger partial charge is 0.277 e. The molecule has 8 nitrogen and oxygen atoms in total. The summed E-state index contributed by atoms with van der Waals surface area (Å²) in [4.78, 5) is 4.43. The molecule has 0 unspecified atom stereocenters. The molecule has 0 radical (unpaired) electrons. The molecule has 0 aromatic carbocycles. The molecular weight excluding hydrogens is 364 g/mol. The fourth-order valence-electron chi connectivity index (χ4n) is 2.55. The Balaban J connectivity index is 1.60. The van der Waals surface area contributed by atoms with Crippen molar-refractivity contribution in [2.24, 2.45) is 5.92 Å². The van der Waals surface area contributed by atoms with Gasteiger partial charge in [0.1, 0.15) is 0 Å². The highest BCUT2D eigenvalue weighted by Gasteiger charge is 2.30. The summed E-state index contributed by atoms with van der Waals surface area (Å²) in [5.74, 6) is 2.15. The lowest BCUT2D eigenvalue weighted by atomic mass is 9.96. The number of rotatable bonds is 5. The van der Waals surface area contributed by atoms with Crippen molar-refractivity contribution in [3.63, 3.8) is 0 Å². The molecule has 0 spiro atoms. The zero-order valence-electron chi connectivity index (χ0n) is 14.7. The van der Waals surface area contributed by atoms with Gasteiger partial charge in [-0.25, -0.2) is 8.42 Å². The van der Waals surface area contributed by atoms with E-state index in [1.807, 2.05) is 27.7 Å². The number of aromatic nitrogens is 4. The van der Waals surface area contributed by atoms with E-state index in [2.05, 4.69) is 20.3 Å². The number of hydrogen-bond donors (Lipinski definition) is 0. The molecule has 138 valence electrons. The van der Waals surface area contributed by atoms with Crippen molar-refractivity contribution < 1.29 is 17.4 Å². The third-order valence-electron chi connectivity index (χ3n) is 3.98. The Hall–Kier alpha value is -1.42. The predicted octanol–water partition coefficient (Wildman–Crippen LogP) is 2.58. The largest absolute Gasteiger partial charge is 0.416 e. The van der Waals surface area contributed by atoms with Crippen LogP contribution in [0.15, 0.2) is 14.2 Å². The molecule has 0 N–H and O–H groups in total. The third kappa shape index (κ3) is 4.60. The van der Waals surface area contributed by atoms with Crippen molar-refractivity contribution >= 4 is 21.6 Å². The van der Waals surface area contributed by atoms with E-state index in [1.54, 1.807) is 0 Å². The van der Waals surface area contributed by atoms with E-state index in [0.29, 0.717) is 35.7 Å². The van der Waals surface area contributed by atoms with E-state index >= 15 is 0 Å². The topological polar surface area (TPSA) is 112 Å². The van der Waals surface area contributed by atoms with E-state index in [4.69, 9.17) is 8.94 Å². The molecule has 3 rings (SSSR count). The molecular formula is C15H22N4O4S2. The van der Waals surface area contributed by atoms with E-state index in [9.17, 15) is 8.42 Å². The van der Waals surface area contributed by atoms with Crippen molar-refractivity contribution in [1.29, 1.82) is 0 Å². The molecule has 2 atom stereocenters. The average Bonchev–Trinajstić information content (AvgIpc) is 3.18. The molecule has 2 aromatic heterocycles. The molecule has 0 aliphatic carbocycles. The third-order valence-corrected chi connectivity index (χ3v) is 6.74. The molecule has 1 aliphatic rings. The Labute approximate surface area is 151 Å². The molecule has 0 saturated carbocycles. The summed E-state index contributed by atoms with van der Waals surface area (Å²) < 4.78 is 34.0. The van der Waals surface area contributed by atoms with Crippen LogP contribution in [0.5, 0.6) is 0 Å². The van der Waals surface area contributed by atoms with Gasteiger partial charge in [-0.2, -0.15) is 4.98 Å². The summed E-state index contributed by atoms with van der Waals surface area (Å²) in [5, 5.41) is 12.4. The van der Waals surface area contributed by atoms with Crippen molar-refractivity contribution in [2.45, 2.75) is 56.4 Å². The number of thioether (sulfide) groups is 1. The second kappa shape index (κ2) is 6.71. The van der Waals surface area contributed by atoms with Crippen LogP contribution in [-0.2, 0) is 21.7 Å². The minimum Gasteiger partial charge on any atom is -0.416 e. The summed E-state index contributed by atoms with van der Waals surface area (Å²) in [6.45, 7) is 7.99. The molecule has 0 amide bonds. The SMILES string of the molecule is C[C@@H](Sc1nnc(C[C@H]2CCS(=O)(=O)C2)o1)c1nc(C(C)(C)C)no1. The maximum Gasteiger partial charge on any atom is 0.277 e. The van der Waals surface area contributed by atoms with Gasteiger partial charge in [-0.3, -0.25) is 0 Å². The standard InChI is InChI=1S/C15H22N4O4S2/c1-9(12-16-13(19-23-12)15(2,3)4)24-14-18-17-11(22-14)7-10-5-6-25(20,21)8-10/h9-10H,5-8H2,1-4H3/t9-,10-/m1/s1. The zero-order chi connectivity index (χ0) is 18.2. The van der Waals surface area contributed by atoms with E-state index in [-0.39, 0.29) is 28.1 Å². The van der Waals surface area contributed by atoms with Crippen LogP contribution in [0.25, 0.3) is 0 Å². The summed E-state index contributed by atoms with van der Waals surface area (Å²) in [7, 11) is -2.90. The molecule has 1 fully saturated rings. The summed E-state index contributed by atoms with van der Waals surface area (Å²) in [6.07, 6.45) is 1.15. The molecule has 3 heterocycles. The lowest BCUT2D eigenvalue weighted by molar-refractivity contribution is 0.362. The first-order chi connectivity index (χ1) is 11.6. The van der Waals surface area contributed by atoms with Gasteiger partial charge in [-0.15, -0.1) is 10.2 Å². The lowest BCUT2D eigenvalue weighted by Gasteiger charge is -2.11. The van der Waals surface area contributed by atoms with E-state index in [1.165, 1.54) is 11.8 Å². The van der Waals surface area contributed by atoms with Crippen LogP contribution in [-0.4, -0.2) is 40.3 Å². The highest BCUT2D eigenvalue weighted by molar-refractivity contribution is 7.99. The Morgan fingerprint density at radius 2 is 2.08 bits per heavy atom. The Morgan fingerprint density at radius 1 is 1.32 bits per heavy atom. The monoisotopic (exact) mass is 386 g/mol. The molecule has 25 heavy (non-hydrogen) atoms. The van der Waals surface area contributed by atoms with Crippen LogP contribution < -0.4 is 0 Å². The molecule has 2 aromatic rings. The van der Waals surface area contributed by atoms with Crippen molar-refractivity contribution in [1.82, 2.24) is 20.3 Å². The quantitative estimate of drug-likeness (QED) is 0.715. The van der Waals surface area contributed by atoms with Gasteiger partial charge in [0, 0.05) is 11.8 Å². The van der Waals surface area contributed by atoms with Gasteiger partial charge in [0.2, 0.25) is 11.8 Å². The molecule has 1 saturated heterocycles. The summed E-state index contributed by atoms with van der Waals surface area (Å²) in [6, 6.07) is 0. The zero-order valence-corrected chi connectivity index (χ0v) is 16.4. The molecule has 0 bridgehead atoms. The van der Waals surface area contributed by atoms with Gasteiger partial charge < -0.3 is 8.94 Å². The average molecular weight is 386 g/mol. The van der Waals surface area contributed by atoms with Crippen molar-refractivity contribution in [2.75, 3.05) is 11.5 Å². The number of nitrogens with zero attached hydrogens (tertiary/aromatic N) is 4. The second-order valence-corrected chi connectivity index (χ2v) is 10.9. The fourth-order valence-corrected chi connectivity index (χ4v) is 5.15.